The molecule has 1 aromatic carbocycles. The van der Waals surface area contributed by atoms with Gasteiger partial charge in [-0.1, -0.05) is 0 Å². The van der Waals surface area contributed by atoms with E-state index in [9.17, 15) is 24.8 Å². The quantitative estimate of drug-likeness (QED) is 0.341. The first-order valence-corrected chi connectivity index (χ1v) is 10.3. The van der Waals surface area contributed by atoms with Crippen LogP contribution >= 0.6 is 12.6 Å². The lowest BCUT2D eigenvalue weighted by Gasteiger charge is -2.40. The minimum absolute atomic E-state index is 0.00318. The second kappa shape index (κ2) is 9.63. The summed E-state index contributed by atoms with van der Waals surface area (Å²) in [5.74, 6) is -0.128. The predicted molar refractivity (Wildman–Crippen MR) is 111 cm³/mol. The average Bonchev–Trinajstić information content (AvgIpc) is 3.16. The van der Waals surface area contributed by atoms with Gasteiger partial charge in [0.15, 0.2) is 0 Å². The van der Waals surface area contributed by atoms with Crippen LogP contribution < -0.4 is 5.32 Å². The van der Waals surface area contributed by atoms with Crippen LogP contribution in [0.25, 0.3) is 0 Å². The van der Waals surface area contributed by atoms with Gasteiger partial charge < -0.3 is 25.0 Å². The van der Waals surface area contributed by atoms with E-state index in [0.29, 0.717) is 44.6 Å². The van der Waals surface area contributed by atoms with E-state index in [-0.39, 0.29) is 37.4 Å². The molecule has 2 heterocycles. The molecule has 0 saturated carbocycles. The molecule has 0 bridgehead atoms. The number of likely N-dealkylation sites (tertiary alicyclic amines) is 1. The molecule has 0 spiro atoms. The van der Waals surface area contributed by atoms with Crippen molar-refractivity contribution in [1.29, 1.82) is 0 Å². The first kappa shape index (κ1) is 22.3. The third-order valence-corrected chi connectivity index (χ3v) is 6.04. The van der Waals surface area contributed by atoms with E-state index < -0.39 is 15.8 Å². The highest BCUT2D eigenvalue weighted by Gasteiger charge is 2.47. The second-order valence-electron chi connectivity index (χ2n) is 7.55. The van der Waals surface area contributed by atoms with Crippen LogP contribution in [-0.4, -0.2) is 81.9 Å². The third kappa shape index (κ3) is 5.02. The van der Waals surface area contributed by atoms with Gasteiger partial charge in [0, 0.05) is 57.5 Å². The Morgan fingerprint density at radius 3 is 2.73 bits per heavy atom. The normalized spacial score (nSPS) is 24.0. The fourth-order valence-electron chi connectivity index (χ4n) is 3.78. The summed E-state index contributed by atoms with van der Waals surface area (Å²) < 4.78 is 4.32. The summed E-state index contributed by atoms with van der Waals surface area (Å²) in [5, 5.41) is 23.2. The van der Waals surface area contributed by atoms with Gasteiger partial charge in [-0.05, 0) is 30.5 Å². The molecule has 2 unspecified atom stereocenters. The number of hydrogen-bond donors (Lipinski definition) is 3. The maximum absolute atomic E-state index is 13.1. The van der Waals surface area contributed by atoms with E-state index in [2.05, 4.69) is 17.9 Å². The summed E-state index contributed by atoms with van der Waals surface area (Å²) in [5.41, 5.74) is 0.601. The number of aliphatic hydroxyl groups is 1. The van der Waals surface area contributed by atoms with Crippen LogP contribution in [0.1, 0.15) is 18.4 Å². The Morgan fingerprint density at radius 1 is 1.33 bits per heavy atom. The van der Waals surface area contributed by atoms with Gasteiger partial charge in [0.1, 0.15) is 11.4 Å². The topological polar surface area (TPSA) is 125 Å². The molecule has 0 aliphatic carbocycles. The minimum atomic E-state index is -0.989. The van der Waals surface area contributed by atoms with Crippen LogP contribution in [0.3, 0.4) is 0 Å². The van der Waals surface area contributed by atoms with Crippen LogP contribution in [0.15, 0.2) is 24.3 Å². The summed E-state index contributed by atoms with van der Waals surface area (Å²) in [4.78, 5) is 39.0. The molecule has 0 aromatic heterocycles. The van der Waals surface area contributed by atoms with Crippen molar-refractivity contribution in [2.24, 2.45) is 0 Å². The zero-order valence-electron chi connectivity index (χ0n) is 16.5. The minimum Gasteiger partial charge on any atom is -0.445 e. The molecule has 2 N–H and O–H groups in total. The number of nitrogens with zero attached hydrogens (tertiary/aromatic N) is 3. The number of ether oxygens (including phenoxy) is 1. The number of hydrogen-bond acceptors (Lipinski definition) is 8. The number of carbonyl (C=O) groups is 2. The van der Waals surface area contributed by atoms with E-state index in [4.69, 9.17) is 4.74 Å². The zero-order chi connectivity index (χ0) is 21.7. The maximum Gasteiger partial charge on any atom is 0.410 e. The van der Waals surface area contributed by atoms with Crippen LogP contribution in [0.5, 0.6) is 0 Å². The molecule has 2 aliphatic heterocycles. The number of nitro groups is 1. The molecule has 2 amide bonds. The van der Waals surface area contributed by atoms with E-state index in [1.807, 2.05) is 0 Å². The molecular weight excluding hydrogens is 412 g/mol. The van der Waals surface area contributed by atoms with Crippen molar-refractivity contribution in [3.8, 4) is 0 Å². The number of thiol groups is 1. The molecular formula is C19H26N4O6S. The molecule has 0 radical (unpaired) electrons. The molecule has 10 nitrogen and oxygen atoms in total. The van der Waals surface area contributed by atoms with Gasteiger partial charge in [-0.25, -0.2) is 4.79 Å². The standard InChI is InChI=1S/C19H26N4O6S/c24-10-5-16-11-20-7-9-22(16)17(25)19(30)6-8-21(13-19)18(26)29-12-14-1-3-15(4-2-14)23(27)28/h1-4,16,20,24,30H,5-13H2. The number of piperazine rings is 1. The van der Waals surface area contributed by atoms with Crippen molar-refractivity contribution in [3.05, 3.63) is 39.9 Å². The fourth-order valence-corrected chi connectivity index (χ4v) is 4.18. The number of nitrogens with one attached hydrogen (secondary N) is 1. The van der Waals surface area contributed by atoms with Crippen molar-refractivity contribution in [2.45, 2.75) is 30.2 Å². The molecule has 11 heteroatoms. The van der Waals surface area contributed by atoms with E-state index in [0.717, 1.165) is 0 Å². The fraction of sp³-hybridized carbons (Fsp3) is 0.579. The summed E-state index contributed by atoms with van der Waals surface area (Å²) in [6.45, 7) is 2.31. The highest BCUT2D eigenvalue weighted by Crippen LogP contribution is 2.32. The summed E-state index contributed by atoms with van der Waals surface area (Å²) in [6.07, 6.45) is 0.352. The van der Waals surface area contributed by atoms with Gasteiger partial charge >= 0.3 is 6.09 Å². The molecule has 2 aliphatic rings. The van der Waals surface area contributed by atoms with Crippen LogP contribution in [0, 0.1) is 10.1 Å². The lowest BCUT2D eigenvalue weighted by Crippen LogP contribution is -2.59. The number of aliphatic hydroxyl groups excluding tert-OH is 1. The predicted octanol–water partition coefficient (Wildman–Crippen LogP) is 0.788. The monoisotopic (exact) mass is 438 g/mol. The van der Waals surface area contributed by atoms with Crippen molar-refractivity contribution < 1.29 is 24.4 Å². The van der Waals surface area contributed by atoms with Gasteiger partial charge in [0.2, 0.25) is 5.91 Å². The van der Waals surface area contributed by atoms with E-state index in [1.54, 1.807) is 4.90 Å². The molecule has 3 rings (SSSR count). The highest BCUT2D eigenvalue weighted by atomic mass is 32.1. The highest BCUT2D eigenvalue weighted by molar-refractivity contribution is 7.82. The van der Waals surface area contributed by atoms with Gasteiger partial charge in [-0.15, -0.1) is 0 Å². The Labute approximate surface area is 179 Å². The Hall–Kier alpha value is -2.37. The molecule has 2 atom stereocenters. The summed E-state index contributed by atoms with van der Waals surface area (Å²) in [7, 11) is 0. The Balaban J connectivity index is 1.55. The largest absolute Gasteiger partial charge is 0.445 e. The van der Waals surface area contributed by atoms with Crippen LogP contribution in [0.4, 0.5) is 10.5 Å². The number of carbonyl (C=O) groups excluding carboxylic acids is 2. The second-order valence-corrected chi connectivity index (χ2v) is 8.41. The van der Waals surface area contributed by atoms with Crippen molar-refractivity contribution in [1.82, 2.24) is 15.1 Å². The van der Waals surface area contributed by atoms with Gasteiger partial charge in [-0.2, -0.15) is 12.6 Å². The number of non-ortho nitro benzene ring substituents is 1. The Bertz CT molecular complexity index is 790. The molecule has 30 heavy (non-hydrogen) atoms. The average molecular weight is 439 g/mol. The molecule has 164 valence electrons. The van der Waals surface area contributed by atoms with Crippen molar-refractivity contribution in [2.75, 3.05) is 39.3 Å². The lowest BCUT2D eigenvalue weighted by atomic mass is 10.0. The lowest BCUT2D eigenvalue weighted by molar-refractivity contribution is -0.384. The first-order valence-electron chi connectivity index (χ1n) is 9.84. The molecule has 2 saturated heterocycles. The molecule has 2 fully saturated rings. The summed E-state index contributed by atoms with van der Waals surface area (Å²) in [6, 6.07) is 5.68. The number of nitro benzene ring substituents is 1. The van der Waals surface area contributed by atoms with Crippen LogP contribution in [0.2, 0.25) is 0 Å². The van der Waals surface area contributed by atoms with E-state index >= 15 is 0 Å². The van der Waals surface area contributed by atoms with Gasteiger partial charge in [0.05, 0.1) is 4.92 Å². The number of benzene rings is 1. The number of amides is 2. The van der Waals surface area contributed by atoms with Crippen molar-refractivity contribution in [3.63, 3.8) is 0 Å². The summed E-state index contributed by atoms with van der Waals surface area (Å²) >= 11 is 4.63. The van der Waals surface area contributed by atoms with Crippen molar-refractivity contribution >= 4 is 30.3 Å². The van der Waals surface area contributed by atoms with Gasteiger partial charge in [0.25, 0.3) is 5.69 Å². The Kier molecular flexibility index (Phi) is 7.16. The smallest absolute Gasteiger partial charge is 0.410 e. The Morgan fingerprint density at radius 2 is 2.07 bits per heavy atom. The van der Waals surface area contributed by atoms with Crippen LogP contribution in [-0.2, 0) is 16.1 Å². The zero-order valence-corrected chi connectivity index (χ0v) is 17.4. The first-order chi connectivity index (χ1) is 14.3. The molecule has 1 aromatic rings. The SMILES string of the molecule is O=C(OCc1ccc([N+](=O)[O-])cc1)N1CCC(S)(C(=O)N2CCNCC2CCO)C1. The number of rotatable bonds is 6. The maximum atomic E-state index is 13.1. The van der Waals surface area contributed by atoms with Gasteiger partial charge in [-0.3, -0.25) is 14.9 Å². The van der Waals surface area contributed by atoms with E-state index in [1.165, 1.54) is 29.2 Å². The third-order valence-electron chi connectivity index (χ3n) is 5.49.